The van der Waals surface area contributed by atoms with Gasteiger partial charge in [-0.25, -0.2) is 0 Å². The van der Waals surface area contributed by atoms with Crippen molar-refractivity contribution in [2.75, 3.05) is 13.7 Å². The van der Waals surface area contributed by atoms with Gasteiger partial charge < -0.3 is 15.2 Å². The second kappa shape index (κ2) is 7.04. The maximum atomic E-state index is 11.6. The fourth-order valence-corrected chi connectivity index (χ4v) is 1.51. The lowest BCUT2D eigenvalue weighted by atomic mass is 10.1. The lowest BCUT2D eigenvalue weighted by molar-refractivity contribution is -0.152. The number of ether oxygens (including phenoxy) is 2. The molecule has 17 heavy (non-hydrogen) atoms. The number of hydrogen-bond donors (Lipinski definition) is 1. The van der Waals surface area contributed by atoms with Gasteiger partial charge in [-0.1, -0.05) is 30.3 Å². The Hall–Kier alpha value is -1.39. The smallest absolute Gasteiger partial charge is 0.323 e. The molecule has 1 aromatic carbocycles. The van der Waals surface area contributed by atoms with Crippen molar-refractivity contribution in [1.82, 2.24) is 0 Å². The van der Waals surface area contributed by atoms with Gasteiger partial charge in [0.05, 0.1) is 6.61 Å². The zero-order valence-corrected chi connectivity index (χ0v) is 10.3. The van der Waals surface area contributed by atoms with Crippen molar-refractivity contribution in [3.05, 3.63) is 35.9 Å². The summed E-state index contributed by atoms with van der Waals surface area (Å²) in [7, 11) is 1.56. The van der Waals surface area contributed by atoms with E-state index in [-0.39, 0.29) is 6.10 Å². The number of esters is 1. The van der Waals surface area contributed by atoms with Crippen LogP contribution in [0.2, 0.25) is 0 Å². The minimum atomic E-state index is -0.628. The van der Waals surface area contributed by atoms with Gasteiger partial charge in [-0.15, -0.1) is 0 Å². The van der Waals surface area contributed by atoms with Gasteiger partial charge in [-0.05, 0) is 18.9 Å². The second-order valence-corrected chi connectivity index (χ2v) is 4.00. The number of carbonyl (C=O) groups is 1. The molecule has 0 aliphatic carbocycles. The highest BCUT2D eigenvalue weighted by molar-refractivity contribution is 5.76. The maximum Gasteiger partial charge on any atom is 0.323 e. The zero-order chi connectivity index (χ0) is 12.7. The number of methoxy groups -OCH3 is 1. The first-order valence-corrected chi connectivity index (χ1v) is 5.62. The Bertz CT molecular complexity index is 340. The van der Waals surface area contributed by atoms with Crippen molar-refractivity contribution in [2.24, 2.45) is 5.73 Å². The predicted octanol–water partition coefficient (Wildman–Crippen LogP) is 1.13. The van der Waals surface area contributed by atoms with E-state index in [1.807, 2.05) is 30.3 Å². The number of hydrogen-bond acceptors (Lipinski definition) is 4. The van der Waals surface area contributed by atoms with E-state index < -0.39 is 12.0 Å². The van der Waals surface area contributed by atoms with E-state index >= 15 is 0 Å². The van der Waals surface area contributed by atoms with Crippen molar-refractivity contribution in [3.8, 4) is 0 Å². The lowest BCUT2D eigenvalue weighted by Gasteiger charge is -2.16. The van der Waals surface area contributed by atoms with Crippen LogP contribution in [0.4, 0.5) is 0 Å². The van der Waals surface area contributed by atoms with Crippen LogP contribution in [0, 0.1) is 0 Å². The first-order valence-electron chi connectivity index (χ1n) is 5.62. The Morgan fingerprint density at radius 2 is 2.00 bits per heavy atom. The van der Waals surface area contributed by atoms with Gasteiger partial charge in [0.25, 0.3) is 0 Å². The SMILES string of the molecule is COCC(C)OC(=O)[C@@H](N)Cc1ccccc1. The quantitative estimate of drug-likeness (QED) is 0.753. The molecule has 0 saturated heterocycles. The minimum absolute atomic E-state index is 0.269. The molecule has 0 aromatic heterocycles. The summed E-state index contributed by atoms with van der Waals surface area (Å²) in [4.78, 5) is 11.6. The topological polar surface area (TPSA) is 61.5 Å². The molecule has 1 aromatic rings. The molecule has 0 saturated carbocycles. The van der Waals surface area contributed by atoms with Gasteiger partial charge in [0.1, 0.15) is 12.1 Å². The highest BCUT2D eigenvalue weighted by atomic mass is 16.6. The largest absolute Gasteiger partial charge is 0.459 e. The van der Waals surface area contributed by atoms with E-state index in [4.69, 9.17) is 15.2 Å². The molecule has 0 bridgehead atoms. The predicted molar refractivity (Wildman–Crippen MR) is 65.6 cm³/mol. The van der Waals surface area contributed by atoms with Crippen LogP contribution in [-0.2, 0) is 20.7 Å². The zero-order valence-electron chi connectivity index (χ0n) is 10.3. The van der Waals surface area contributed by atoms with Gasteiger partial charge in [-0.2, -0.15) is 0 Å². The van der Waals surface area contributed by atoms with Gasteiger partial charge in [0.2, 0.25) is 0 Å². The normalized spacial score (nSPS) is 14.1. The van der Waals surface area contributed by atoms with Gasteiger partial charge >= 0.3 is 5.97 Å². The van der Waals surface area contributed by atoms with Crippen LogP contribution in [0.25, 0.3) is 0 Å². The van der Waals surface area contributed by atoms with E-state index in [0.717, 1.165) is 5.56 Å². The van der Waals surface area contributed by atoms with Crippen LogP contribution in [0.5, 0.6) is 0 Å². The molecule has 4 nitrogen and oxygen atoms in total. The lowest BCUT2D eigenvalue weighted by Crippen LogP contribution is -2.37. The molecule has 0 aliphatic heterocycles. The molecule has 2 N–H and O–H groups in total. The summed E-state index contributed by atoms with van der Waals surface area (Å²) in [6.07, 6.45) is 0.216. The van der Waals surface area contributed by atoms with Crippen molar-refractivity contribution < 1.29 is 14.3 Å². The van der Waals surface area contributed by atoms with Crippen molar-refractivity contribution in [2.45, 2.75) is 25.5 Å². The molecular formula is C13H19NO3. The summed E-state index contributed by atoms with van der Waals surface area (Å²) in [6, 6.07) is 9.00. The number of carbonyl (C=O) groups excluding carboxylic acids is 1. The Balaban J connectivity index is 2.42. The minimum Gasteiger partial charge on any atom is -0.459 e. The third kappa shape index (κ3) is 4.97. The molecule has 2 atom stereocenters. The molecule has 1 unspecified atom stereocenters. The highest BCUT2D eigenvalue weighted by Gasteiger charge is 2.18. The van der Waals surface area contributed by atoms with Crippen LogP contribution < -0.4 is 5.73 Å². The molecule has 94 valence electrons. The summed E-state index contributed by atoms with van der Waals surface area (Å²) in [5, 5.41) is 0. The van der Waals surface area contributed by atoms with Gasteiger partial charge in [0, 0.05) is 7.11 Å². The first kappa shape index (κ1) is 13.7. The number of rotatable bonds is 6. The molecule has 0 amide bonds. The fourth-order valence-electron chi connectivity index (χ4n) is 1.51. The van der Waals surface area contributed by atoms with E-state index in [2.05, 4.69) is 0 Å². The molecular weight excluding hydrogens is 218 g/mol. The summed E-state index contributed by atoms with van der Waals surface area (Å²) in [5.41, 5.74) is 6.80. The van der Waals surface area contributed by atoms with Gasteiger partial charge in [0.15, 0.2) is 0 Å². The van der Waals surface area contributed by atoms with E-state index in [1.54, 1.807) is 14.0 Å². The molecule has 0 fully saturated rings. The summed E-state index contributed by atoms with van der Waals surface area (Å²) >= 11 is 0. The van der Waals surface area contributed by atoms with Crippen molar-refractivity contribution in [1.29, 1.82) is 0 Å². The monoisotopic (exact) mass is 237 g/mol. The highest BCUT2D eigenvalue weighted by Crippen LogP contribution is 2.04. The summed E-state index contributed by atoms with van der Waals surface area (Å²) < 4.78 is 10.0. The van der Waals surface area contributed by atoms with Crippen LogP contribution in [0.1, 0.15) is 12.5 Å². The maximum absolute atomic E-state index is 11.6. The van der Waals surface area contributed by atoms with Crippen LogP contribution in [0.15, 0.2) is 30.3 Å². The molecule has 0 aliphatic rings. The average Bonchev–Trinajstić information content (AvgIpc) is 2.30. The number of benzene rings is 1. The van der Waals surface area contributed by atoms with Crippen molar-refractivity contribution >= 4 is 5.97 Å². The molecule has 0 heterocycles. The van der Waals surface area contributed by atoms with E-state index in [0.29, 0.717) is 13.0 Å². The third-order valence-corrected chi connectivity index (χ3v) is 2.32. The first-order chi connectivity index (χ1) is 8.13. The Morgan fingerprint density at radius 1 is 1.35 bits per heavy atom. The number of nitrogens with two attached hydrogens (primary N) is 1. The van der Waals surface area contributed by atoms with Crippen LogP contribution in [-0.4, -0.2) is 31.8 Å². The fraction of sp³-hybridized carbons (Fsp3) is 0.462. The molecule has 4 heteroatoms. The summed E-state index contributed by atoms with van der Waals surface area (Å²) in [6.45, 7) is 2.15. The van der Waals surface area contributed by atoms with Crippen LogP contribution >= 0.6 is 0 Å². The Labute approximate surface area is 102 Å². The Kier molecular flexibility index (Phi) is 5.66. The molecule has 0 spiro atoms. The standard InChI is InChI=1S/C13H19NO3/c1-10(9-16-2)17-13(15)12(14)8-11-6-4-3-5-7-11/h3-7,10,12H,8-9,14H2,1-2H3/t10?,12-/m0/s1. The Morgan fingerprint density at radius 3 is 2.59 bits per heavy atom. The molecule has 0 radical (unpaired) electrons. The van der Waals surface area contributed by atoms with E-state index in [9.17, 15) is 4.79 Å². The average molecular weight is 237 g/mol. The van der Waals surface area contributed by atoms with E-state index in [1.165, 1.54) is 0 Å². The van der Waals surface area contributed by atoms with Crippen LogP contribution in [0.3, 0.4) is 0 Å². The summed E-state index contributed by atoms with van der Waals surface area (Å²) in [5.74, 6) is -0.390. The van der Waals surface area contributed by atoms with Gasteiger partial charge in [-0.3, -0.25) is 4.79 Å². The second-order valence-electron chi connectivity index (χ2n) is 4.00. The van der Waals surface area contributed by atoms with Crippen molar-refractivity contribution in [3.63, 3.8) is 0 Å². The third-order valence-electron chi connectivity index (χ3n) is 2.32. The molecule has 1 rings (SSSR count).